The van der Waals surface area contributed by atoms with Crippen LogP contribution < -0.4 is 0 Å². The van der Waals surface area contributed by atoms with Gasteiger partial charge in [0.25, 0.3) is 5.91 Å². The minimum Gasteiger partial charge on any atom is -0.393 e. The fourth-order valence-corrected chi connectivity index (χ4v) is 2.98. The van der Waals surface area contributed by atoms with Crippen LogP contribution in [0.5, 0.6) is 0 Å². The third-order valence-corrected chi connectivity index (χ3v) is 4.35. The van der Waals surface area contributed by atoms with E-state index >= 15 is 0 Å². The lowest BCUT2D eigenvalue weighted by Gasteiger charge is -2.16. The summed E-state index contributed by atoms with van der Waals surface area (Å²) in [6.45, 7) is 4.75. The molecule has 122 valence electrons. The van der Waals surface area contributed by atoms with Crippen LogP contribution in [0, 0.1) is 18.7 Å². The number of aromatic nitrogens is 2. The molecular weight excluding hydrogens is 297 g/mol. The van der Waals surface area contributed by atoms with Crippen molar-refractivity contribution in [2.45, 2.75) is 26.4 Å². The highest BCUT2D eigenvalue weighted by molar-refractivity contribution is 5.92. The maximum Gasteiger partial charge on any atom is 0.274 e. The first-order chi connectivity index (χ1) is 11.0. The van der Waals surface area contributed by atoms with Gasteiger partial charge >= 0.3 is 0 Å². The molecule has 1 aliphatic rings. The Morgan fingerprint density at radius 2 is 2.22 bits per heavy atom. The zero-order valence-corrected chi connectivity index (χ0v) is 13.2. The number of hydrogen-bond acceptors (Lipinski definition) is 3. The van der Waals surface area contributed by atoms with Gasteiger partial charge in [-0.05, 0) is 44.5 Å². The summed E-state index contributed by atoms with van der Waals surface area (Å²) in [7, 11) is 0. The number of likely N-dealkylation sites (tertiary alicyclic amines) is 1. The second-order valence-electron chi connectivity index (χ2n) is 6.10. The molecule has 3 rings (SSSR count). The molecule has 0 radical (unpaired) electrons. The van der Waals surface area contributed by atoms with Crippen molar-refractivity contribution in [3.05, 3.63) is 47.5 Å². The minimum absolute atomic E-state index is 0.116. The highest BCUT2D eigenvalue weighted by Crippen LogP contribution is 2.22. The highest BCUT2D eigenvalue weighted by Gasteiger charge is 2.30. The molecule has 1 aromatic heterocycles. The van der Waals surface area contributed by atoms with E-state index in [4.69, 9.17) is 0 Å². The number of halogens is 1. The molecule has 2 heterocycles. The normalized spacial score (nSPS) is 19.1. The number of nitrogens with zero attached hydrogens (tertiary/aromatic N) is 3. The zero-order valence-electron chi connectivity index (χ0n) is 13.2. The van der Waals surface area contributed by atoms with Crippen LogP contribution in [0.3, 0.4) is 0 Å². The fourth-order valence-electron chi connectivity index (χ4n) is 2.98. The van der Waals surface area contributed by atoms with Gasteiger partial charge in [-0.1, -0.05) is 6.07 Å². The van der Waals surface area contributed by atoms with Gasteiger partial charge in [0, 0.05) is 24.7 Å². The molecule has 0 bridgehead atoms. The van der Waals surface area contributed by atoms with Gasteiger partial charge in [0.05, 0.1) is 11.8 Å². The molecule has 0 spiro atoms. The van der Waals surface area contributed by atoms with Crippen LogP contribution in [0.15, 0.2) is 30.3 Å². The van der Waals surface area contributed by atoms with Crippen molar-refractivity contribution in [3.63, 3.8) is 0 Å². The molecule has 2 aromatic rings. The lowest BCUT2D eigenvalue weighted by Crippen LogP contribution is -2.30. The van der Waals surface area contributed by atoms with E-state index in [0.29, 0.717) is 24.5 Å². The van der Waals surface area contributed by atoms with Crippen LogP contribution in [0.2, 0.25) is 0 Å². The predicted octanol–water partition coefficient (Wildman–Crippen LogP) is 2.16. The maximum absolute atomic E-state index is 13.4. The van der Waals surface area contributed by atoms with E-state index in [0.717, 1.165) is 12.1 Å². The Hall–Kier alpha value is -2.21. The van der Waals surface area contributed by atoms with E-state index in [9.17, 15) is 14.3 Å². The average molecular weight is 317 g/mol. The predicted molar refractivity (Wildman–Crippen MR) is 84.0 cm³/mol. The van der Waals surface area contributed by atoms with E-state index in [1.807, 2.05) is 6.92 Å². The van der Waals surface area contributed by atoms with Crippen LogP contribution in [0.4, 0.5) is 4.39 Å². The van der Waals surface area contributed by atoms with Gasteiger partial charge in [-0.25, -0.2) is 9.07 Å². The van der Waals surface area contributed by atoms with Gasteiger partial charge in [0.2, 0.25) is 0 Å². The molecule has 1 aromatic carbocycles. The summed E-state index contributed by atoms with van der Waals surface area (Å²) >= 11 is 0. The van der Waals surface area contributed by atoms with Gasteiger partial charge in [0.1, 0.15) is 5.82 Å². The lowest BCUT2D eigenvalue weighted by molar-refractivity contribution is 0.0756. The monoisotopic (exact) mass is 317 g/mol. The quantitative estimate of drug-likeness (QED) is 0.944. The summed E-state index contributed by atoms with van der Waals surface area (Å²) in [5.41, 5.74) is 1.70. The number of rotatable bonds is 3. The number of hydrogen-bond donors (Lipinski definition) is 1. The maximum atomic E-state index is 13.4. The molecule has 1 saturated heterocycles. The Morgan fingerprint density at radius 3 is 2.87 bits per heavy atom. The van der Waals surface area contributed by atoms with Gasteiger partial charge in [-0.3, -0.25) is 4.79 Å². The van der Waals surface area contributed by atoms with Crippen molar-refractivity contribution in [3.8, 4) is 5.69 Å². The molecule has 23 heavy (non-hydrogen) atoms. The van der Waals surface area contributed by atoms with Crippen molar-refractivity contribution in [2.24, 2.45) is 5.92 Å². The van der Waals surface area contributed by atoms with Gasteiger partial charge in [-0.2, -0.15) is 5.10 Å². The van der Waals surface area contributed by atoms with E-state index in [1.165, 1.54) is 12.1 Å². The first-order valence-corrected chi connectivity index (χ1v) is 7.75. The van der Waals surface area contributed by atoms with E-state index in [-0.39, 0.29) is 17.6 Å². The Labute approximate surface area is 134 Å². The van der Waals surface area contributed by atoms with Gasteiger partial charge in [-0.15, -0.1) is 0 Å². The summed E-state index contributed by atoms with van der Waals surface area (Å²) in [4.78, 5) is 14.3. The molecule has 5 nitrogen and oxygen atoms in total. The Bertz CT molecular complexity index is 726. The zero-order chi connectivity index (χ0) is 16.6. The van der Waals surface area contributed by atoms with Crippen LogP contribution in [-0.4, -0.2) is 44.9 Å². The number of amides is 1. The number of benzene rings is 1. The van der Waals surface area contributed by atoms with Crippen molar-refractivity contribution >= 4 is 5.91 Å². The SMILES string of the molecule is Cc1cc(C(=O)N2CCC(C(C)O)C2)nn1-c1cccc(F)c1. The smallest absolute Gasteiger partial charge is 0.274 e. The number of aliphatic hydroxyl groups excluding tert-OH is 1. The highest BCUT2D eigenvalue weighted by atomic mass is 19.1. The third kappa shape index (κ3) is 3.12. The topological polar surface area (TPSA) is 58.4 Å². The lowest BCUT2D eigenvalue weighted by atomic mass is 10.0. The first kappa shape index (κ1) is 15.7. The van der Waals surface area contributed by atoms with Gasteiger partial charge < -0.3 is 10.0 Å². The largest absolute Gasteiger partial charge is 0.393 e. The minimum atomic E-state index is -0.417. The third-order valence-electron chi connectivity index (χ3n) is 4.35. The number of aryl methyl sites for hydroxylation is 1. The second-order valence-corrected chi connectivity index (χ2v) is 6.10. The number of carbonyl (C=O) groups excluding carboxylic acids is 1. The summed E-state index contributed by atoms with van der Waals surface area (Å²) < 4.78 is 14.9. The Balaban J connectivity index is 1.82. The van der Waals surface area contributed by atoms with E-state index < -0.39 is 6.10 Å². The molecule has 1 aliphatic heterocycles. The molecule has 6 heteroatoms. The van der Waals surface area contributed by atoms with Crippen LogP contribution in [0.1, 0.15) is 29.5 Å². The second kappa shape index (κ2) is 6.12. The molecule has 0 aliphatic carbocycles. The molecule has 1 N–H and O–H groups in total. The van der Waals surface area contributed by atoms with E-state index in [1.54, 1.807) is 34.7 Å². The molecule has 0 saturated carbocycles. The van der Waals surface area contributed by atoms with Crippen molar-refractivity contribution in [1.29, 1.82) is 0 Å². The van der Waals surface area contributed by atoms with Gasteiger partial charge in [0.15, 0.2) is 5.69 Å². The Morgan fingerprint density at radius 1 is 1.43 bits per heavy atom. The van der Waals surface area contributed by atoms with Crippen molar-refractivity contribution < 1.29 is 14.3 Å². The molecule has 2 unspecified atom stereocenters. The summed E-state index contributed by atoms with van der Waals surface area (Å²) in [6, 6.07) is 7.82. The molecule has 2 atom stereocenters. The fraction of sp³-hybridized carbons (Fsp3) is 0.412. The summed E-state index contributed by atoms with van der Waals surface area (Å²) in [5, 5.41) is 14.0. The molecule has 1 fully saturated rings. The van der Waals surface area contributed by atoms with Crippen LogP contribution >= 0.6 is 0 Å². The summed E-state index contributed by atoms with van der Waals surface area (Å²) in [6.07, 6.45) is 0.381. The van der Waals surface area contributed by atoms with Crippen molar-refractivity contribution in [2.75, 3.05) is 13.1 Å². The summed E-state index contributed by atoms with van der Waals surface area (Å²) in [5.74, 6) is -0.374. The molecule has 1 amide bonds. The van der Waals surface area contributed by atoms with Crippen LogP contribution in [0.25, 0.3) is 5.69 Å². The standard InChI is InChI=1S/C17H20FN3O2/c1-11-8-16(17(23)20-7-6-13(10-20)12(2)22)19-21(11)15-5-3-4-14(18)9-15/h3-5,8-9,12-13,22H,6-7,10H2,1-2H3. The first-order valence-electron chi connectivity index (χ1n) is 7.75. The average Bonchev–Trinajstić information content (AvgIpc) is 3.13. The number of carbonyl (C=O) groups is 1. The Kier molecular flexibility index (Phi) is 4.17. The van der Waals surface area contributed by atoms with E-state index in [2.05, 4.69) is 5.10 Å². The number of aliphatic hydroxyl groups is 1. The van der Waals surface area contributed by atoms with Crippen molar-refractivity contribution in [1.82, 2.24) is 14.7 Å². The molecular formula is C17H20FN3O2. The van der Waals surface area contributed by atoms with Crippen LogP contribution in [-0.2, 0) is 0 Å².